The molecule has 2 aliphatic rings. The van der Waals surface area contributed by atoms with Gasteiger partial charge in [0.05, 0.1) is 31.0 Å². The van der Waals surface area contributed by atoms with E-state index in [1.54, 1.807) is 18.3 Å². The van der Waals surface area contributed by atoms with Crippen molar-refractivity contribution in [3.8, 4) is 11.3 Å². The van der Waals surface area contributed by atoms with Crippen LogP contribution in [0.5, 0.6) is 0 Å². The van der Waals surface area contributed by atoms with Gasteiger partial charge in [-0.3, -0.25) is 0 Å². The highest BCUT2D eigenvalue weighted by Gasteiger charge is 2.47. The number of nitrogens with one attached hydrogen (secondary N) is 2. The molecular formula is C20H25FN4O2. The molecular weight excluding hydrogens is 347 g/mol. The highest BCUT2D eigenvalue weighted by Crippen LogP contribution is 2.29. The van der Waals surface area contributed by atoms with Crippen molar-refractivity contribution < 1.29 is 13.9 Å². The molecule has 2 N–H and O–H groups in total. The minimum Gasteiger partial charge on any atom is -0.371 e. The maximum atomic E-state index is 13.5. The molecule has 4 rings (SSSR count). The Morgan fingerprint density at radius 3 is 2.70 bits per heavy atom. The lowest BCUT2D eigenvalue weighted by molar-refractivity contribution is 0.0674. The van der Waals surface area contributed by atoms with Crippen molar-refractivity contribution in [2.24, 2.45) is 5.92 Å². The molecule has 1 aromatic heterocycles. The quantitative estimate of drug-likeness (QED) is 0.812. The van der Waals surface area contributed by atoms with E-state index in [1.165, 1.54) is 12.1 Å². The molecule has 0 bridgehead atoms. The van der Waals surface area contributed by atoms with E-state index in [1.807, 2.05) is 6.07 Å². The number of fused-ring (bicyclic) bond motifs is 1. The summed E-state index contributed by atoms with van der Waals surface area (Å²) in [6, 6.07) is 8.35. The van der Waals surface area contributed by atoms with Gasteiger partial charge in [-0.15, -0.1) is 0 Å². The third-order valence-corrected chi connectivity index (χ3v) is 4.93. The van der Waals surface area contributed by atoms with Crippen molar-refractivity contribution in [3.05, 3.63) is 42.3 Å². The standard InChI is InChI=1S/C20H25FN4O2/c1-12(2)9-23-16-10-26-19-17(11-27-18(16)19)25-20-22-7-6-15(24-20)13-4-3-5-14(21)8-13/h3-8,12,16-19,23H,9-11H2,1-2H3,(H,22,24,25)/t16-,17+,18-,19+/m1/s1. The summed E-state index contributed by atoms with van der Waals surface area (Å²) in [6.45, 7) is 6.50. The summed E-state index contributed by atoms with van der Waals surface area (Å²) in [5.41, 5.74) is 1.39. The van der Waals surface area contributed by atoms with Gasteiger partial charge in [0.1, 0.15) is 18.0 Å². The predicted molar refractivity (Wildman–Crippen MR) is 101 cm³/mol. The zero-order chi connectivity index (χ0) is 18.8. The summed E-state index contributed by atoms with van der Waals surface area (Å²) >= 11 is 0. The number of aromatic nitrogens is 2. The van der Waals surface area contributed by atoms with Crippen LogP contribution in [0.25, 0.3) is 11.3 Å². The number of hydrogen-bond donors (Lipinski definition) is 2. The maximum absolute atomic E-state index is 13.5. The van der Waals surface area contributed by atoms with Gasteiger partial charge in [-0.25, -0.2) is 14.4 Å². The van der Waals surface area contributed by atoms with Crippen LogP contribution in [0, 0.1) is 11.7 Å². The van der Waals surface area contributed by atoms with Gasteiger partial charge in [0.2, 0.25) is 5.95 Å². The lowest BCUT2D eigenvalue weighted by atomic mass is 10.1. The first kappa shape index (κ1) is 18.3. The fourth-order valence-corrected chi connectivity index (χ4v) is 3.59. The van der Waals surface area contributed by atoms with Crippen molar-refractivity contribution in [3.63, 3.8) is 0 Å². The minimum absolute atomic E-state index is 0.0105. The molecule has 2 fully saturated rings. The van der Waals surface area contributed by atoms with Crippen molar-refractivity contribution >= 4 is 5.95 Å². The number of halogens is 1. The summed E-state index contributed by atoms with van der Waals surface area (Å²) < 4.78 is 25.4. The summed E-state index contributed by atoms with van der Waals surface area (Å²) in [6.07, 6.45) is 1.68. The van der Waals surface area contributed by atoms with Gasteiger partial charge in [-0.05, 0) is 30.7 Å². The molecule has 3 heterocycles. The summed E-state index contributed by atoms with van der Waals surface area (Å²) in [5, 5.41) is 6.86. The van der Waals surface area contributed by atoms with Gasteiger partial charge < -0.3 is 20.1 Å². The van der Waals surface area contributed by atoms with Crippen LogP contribution in [0.3, 0.4) is 0 Å². The SMILES string of the molecule is CC(C)CN[C@@H]1CO[C@@H]2[C@@H]1OC[C@@H]2Nc1nccc(-c2cccc(F)c2)n1. The number of benzene rings is 1. The van der Waals surface area contributed by atoms with Crippen LogP contribution in [0.4, 0.5) is 10.3 Å². The summed E-state index contributed by atoms with van der Waals surface area (Å²) in [4.78, 5) is 8.83. The Kier molecular flexibility index (Phi) is 5.33. The smallest absolute Gasteiger partial charge is 0.223 e. The van der Waals surface area contributed by atoms with Crippen molar-refractivity contribution in [2.75, 3.05) is 25.1 Å². The molecule has 0 spiro atoms. The zero-order valence-electron chi connectivity index (χ0n) is 15.6. The van der Waals surface area contributed by atoms with Crippen LogP contribution in [-0.2, 0) is 9.47 Å². The molecule has 4 atom stereocenters. The molecule has 27 heavy (non-hydrogen) atoms. The molecule has 144 valence electrons. The van der Waals surface area contributed by atoms with Crippen LogP contribution in [0.15, 0.2) is 36.5 Å². The second-order valence-electron chi connectivity index (χ2n) is 7.53. The highest BCUT2D eigenvalue weighted by atomic mass is 19.1. The first-order chi connectivity index (χ1) is 13.1. The highest BCUT2D eigenvalue weighted by molar-refractivity contribution is 5.59. The van der Waals surface area contributed by atoms with Crippen LogP contribution < -0.4 is 10.6 Å². The second kappa shape index (κ2) is 7.88. The van der Waals surface area contributed by atoms with E-state index in [9.17, 15) is 4.39 Å². The average Bonchev–Trinajstić information content (AvgIpc) is 3.23. The first-order valence-electron chi connectivity index (χ1n) is 9.42. The van der Waals surface area contributed by atoms with E-state index in [2.05, 4.69) is 34.4 Å². The Morgan fingerprint density at radius 1 is 1.15 bits per heavy atom. The lowest BCUT2D eigenvalue weighted by Gasteiger charge is -2.19. The Morgan fingerprint density at radius 2 is 1.93 bits per heavy atom. The number of rotatable bonds is 6. The summed E-state index contributed by atoms with van der Waals surface area (Å²) in [5.74, 6) is 0.790. The molecule has 0 unspecified atom stereocenters. The third-order valence-electron chi connectivity index (χ3n) is 4.93. The first-order valence-corrected chi connectivity index (χ1v) is 9.42. The van der Waals surface area contributed by atoms with E-state index in [-0.39, 0.29) is 30.1 Å². The molecule has 1 aromatic carbocycles. The number of nitrogens with zero attached hydrogens (tertiary/aromatic N) is 2. The molecule has 2 aliphatic heterocycles. The Labute approximate surface area is 158 Å². The molecule has 2 aromatic rings. The van der Waals surface area contributed by atoms with Crippen molar-refractivity contribution in [1.29, 1.82) is 0 Å². The molecule has 0 radical (unpaired) electrons. The van der Waals surface area contributed by atoms with Crippen LogP contribution in [0.1, 0.15) is 13.8 Å². The summed E-state index contributed by atoms with van der Waals surface area (Å²) in [7, 11) is 0. The molecule has 0 aliphatic carbocycles. The Balaban J connectivity index is 1.42. The predicted octanol–water partition coefficient (Wildman–Crippen LogP) is 2.48. The van der Waals surface area contributed by atoms with Crippen molar-refractivity contribution in [2.45, 2.75) is 38.1 Å². The fourth-order valence-electron chi connectivity index (χ4n) is 3.59. The molecule has 6 nitrogen and oxygen atoms in total. The number of ether oxygens (including phenoxy) is 2. The molecule has 2 saturated heterocycles. The van der Waals surface area contributed by atoms with E-state index in [0.29, 0.717) is 30.8 Å². The molecule has 0 amide bonds. The normalized spacial score (nSPS) is 27.1. The second-order valence-corrected chi connectivity index (χ2v) is 7.53. The van der Waals surface area contributed by atoms with Gasteiger partial charge in [0.15, 0.2) is 0 Å². The largest absolute Gasteiger partial charge is 0.371 e. The average molecular weight is 372 g/mol. The fraction of sp³-hybridized carbons (Fsp3) is 0.500. The van der Waals surface area contributed by atoms with Gasteiger partial charge in [-0.1, -0.05) is 26.0 Å². The monoisotopic (exact) mass is 372 g/mol. The molecule has 7 heteroatoms. The maximum Gasteiger partial charge on any atom is 0.223 e. The molecule has 0 saturated carbocycles. The van der Waals surface area contributed by atoms with Gasteiger partial charge in [0, 0.05) is 11.8 Å². The van der Waals surface area contributed by atoms with Crippen LogP contribution in [-0.4, -0.2) is 54.0 Å². The number of hydrogen-bond acceptors (Lipinski definition) is 6. The zero-order valence-corrected chi connectivity index (χ0v) is 15.6. The van der Waals surface area contributed by atoms with E-state index >= 15 is 0 Å². The van der Waals surface area contributed by atoms with Gasteiger partial charge in [0.25, 0.3) is 0 Å². The van der Waals surface area contributed by atoms with E-state index in [4.69, 9.17) is 9.47 Å². The number of anilines is 1. The Hall–Kier alpha value is -2.09. The van der Waals surface area contributed by atoms with E-state index in [0.717, 1.165) is 12.1 Å². The lowest BCUT2D eigenvalue weighted by Crippen LogP contribution is -2.43. The Bertz CT molecular complexity index is 788. The topological polar surface area (TPSA) is 68.3 Å². The van der Waals surface area contributed by atoms with Gasteiger partial charge >= 0.3 is 0 Å². The minimum atomic E-state index is -0.285. The third kappa shape index (κ3) is 4.10. The van der Waals surface area contributed by atoms with Crippen LogP contribution >= 0.6 is 0 Å². The van der Waals surface area contributed by atoms with Gasteiger partial charge in [-0.2, -0.15) is 0 Å². The van der Waals surface area contributed by atoms with E-state index < -0.39 is 0 Å². The van der Waals surface area contributed by atoms with Crippen LogP contribution in [0.2, 0.25) is 0 Å². The van der Waals surface area contributed by atoms with Crippen molar-refractivity contribution in [1.82, 2.24) is 15.3 Å².